The molecule has 6 heteroatoms. The van der Waals surface area contributed by atoms with Crippen molar-refractivity contribution in [2.75, 3.05) is 13.2 Å². The molecule has 3 rings (SSSR count). The molecule has 2 aliphatic rings. The summed E-state index contributed by atoms with van der Waals surface area (Å²) in [5.41, 5.74) is -0.715. The minimum atomic E-state index is -0.715. The second kappa shape index (κ2) is 7.20. The number of nitrogens with one attached hydrogen (secondary N) is 1. The summed E-state index contributed by atoms with van der Waals surface area (Å²) in [5.74, 6) is 0.0592. The quantitative estimate of drug-likeness (QED) is 0.860. The zero-order valence-electron chi connectivity index (χ0n) is 13.7. The Bertz CT molecular complexity index is 595. The van der Waals surface area contributed by atoms with Crippen LogP contribution in [-0.2, 0) is 4.79 Å². The molecule has 0 radical (unpaired) electrons. The summed E-state index contributed by atoms with van der Waals surface area (Å²) in [7, 11) is 0. The minimum absolute atomic E-state index is 0.128. The maximum absolute atomic E-state index is 12.9. The Kier molecular flexibility index (Phi) is 5.02. The number of rotatable bonds is 4. The molecule has 0 bridgehead atoms. The van der Waals surface area contributed by atoms with Crippen LogP contribution in [0.2, 0.25) is 0 Å². The number of nitrogens with zero attached hydrogens (tertiary/aromatic N) is 1. The van der Waals surface area contributed by atoms with Crippen LogP contribution in [0.25, 0.3) is 0 Å². The van der Waals surface area contributed by atoms with Crippen LogP contribution in [-0.4, -0.2) is 35.5 Å². The molecule has 1 spiro atoms. The Morgan fingerprint density at radius 2 is 1.67 bits per heavy atom. The Morgan fingerprint density at radius 3 is 2.33 bits per heavy atom. The third-order valence-electron chi connectivity index (χ3n) is 4.85. The fourth-order valence-corrected chi connectivity index (χ4v) is 3.51. The van der Waals surface area contributed by atoms with E-state index in [1.165, 1.54) is 35.6 Å². The number of imide groups is 1. The molecule has 5 nitrogen and oxygen atoms in total. The highest BCUT2D eigenvalue weighted by Gasteiger charge is 2.50. The highest BCUT2D eigenvalue weighted by molar-refractivity contribution is 6.07. The van der Waals surface area contributed by atoms with E-state index in [2.05, 4.69) is 5.32 Å². The number of halogens is 1. The van der Waals surface area contributed by atoms with Gasteiger partial charge in [0.05, 0.1) is 6.54 Å². The van der Waals surface area contributed by atoms with E-state index < -0.39 is 5.54 Å². The summed E-state index contributed by atoms with van der Waals surface area (Å²) in [6.07, 6.45) is 6.78. The van der Waals surface area contributed by atoms with E-state index in [1.807, 2.05) is 0 Å². The standard InChI is InChI=1S/C18H23FN2O3/c19-14-6-8-15(9-7-14)24-13-12-21-16(22)18(20-17(21)23)10-4-2-1-3-5-11-18/h6-9H,1-5,10-13H2,(H,20,23). The summed E-state index contributed by atoms with van der Waals surface area (Å²) in [6.45, 7) is 0.394. The zero-order valence-corrected chi connectivity index (χ0v) is 13.7. The normalized spacial score (nSPS) is 20.6. The number of hydrogen-bond acceptors (Lipinski definition) is 3. The molecular formula is C18H23FN2O3. The van der Waals surface area contributed by atoms with E-state index in [1.54, 1.807) is 0 Å². The maximum Gasteiger partial charge on any atom is 0.325 e. The van der Waals surface area contributed by atoms with Gasteiger partial charge in [0.1, 0.15) is 23.7 Å². The first kappa shape index (κ1) is 16.7. The molecule has 24 heavy (non-hydrogen) atoms. The molecule has 130 valence electrons. The van der Waals surface area contributed by atoms with Gasteiger partial charge in [-0.05, 0) is 37.1 Å². The molecule has 1 aromatic carbocycles. The van der Waals surface area contributed by atoms with Gasteiger partial charge in [0.25, 0.3) is 5.91 Å². The summed E-state index contributed by atoms with van der Waals surface area (Å²) in [5, 5.41) is 2.93. The number of amides is 3. The van der Waals surface area contributed by atoms with Crippen LogP contribution in [0.4, 0.5) is 9.18 Å². The number of carbonyl (C=O) groups excluding carboxylic acids is 2. The van der Waals surface area contributed by atoms with Crippen LogP contribution in [0.1, 0.15) is 44.9 Å². The Morgan fingerprint density at radius 1 is 1.04 bits per heavy atom. The lowest BCUT2D eigenvalue weighted by molar-refractivity contribution is -0.132. The first-order valence-corrected chi connectivity index (χ1v) is 8.63. The van der Waals surface area contributed by atoms with Crippen molar-refractivity contribution in [1.82, 2.24) is 10.2 Å². The fourth-order valence-electron chi connectivity index (χ4n) is 3.51. The molecule has 0 aromatic heterocycles. The lowest BCUT2D eigenvalue weighted by Crippen LogP contribution is -2.47. The number of ether oxygens (including phenoxy) is 1. The van der Waals surface area contributed by atoms with Crippen molar-refractivity contribution in [2.24, 2.45) is 0 Å². The van der Waals surface area contributed by atoms with E-state index >= 15 is 0 Å². The highest BCUT2D eigenvalue weighted by Crippen LogP contribution is 2.31. The van der Waals surface area contributed by atoms with E-state index in [0.29, 0.717) is 18.6 Å². The predicted octanol–water partition coefficient (Wildman–Crippen LogP) is 3.24. The maximum atomic E-state index is 12.9. The molecule has 1 heterocycles. The number of carbonyl (C=O) groups is 2. The number of benzene rings is 1. The first-order chi connectivity index (χ1) is 11.6. The van der Waals surface area contributed by atoms with Crippen molar-refractivity contribution in [1.29, 1.82) is 0 Å². The van der Waals surface area contributed by atoms with E-state index in [0.717, 1.165) is 25.7 Å². The van der Waals surface area contributed by atoms with Gasteiger partial charge in [-0.1, -0.05) is 32.1 Å². The van der Waals surface area contributed by atoms with Crippen molar-refractivity contribution in [3.8, 4) is 5.75 Å². The molecule has 1 saturated carbocycles. The van der Waals surface area contributed by atoms with Crippen molar-refractivity contribution in [3.05, 3.63) is 30.1 Å². The van der Waals surface area contributed by atoms with Crippen LogP contribution in [0.15, 0.2) is 24.3 Å². The summed E-state index contributed by atoms with van der Waals surface area (Å²) >= 11 is 0. The number of urea groups is 1. The lowest BCUT2D eigenvalue weighted by Gasteiger charge is -2.28. The SMILES string of the molecule is O=C1NC2(CCCCCCC2)C(=O)N1CCOc1ccc(F)cc1. The predicted molar refractivity (Wildman–Crippen MR) is 87.2 cm³/mol. The largest absolute Gasteiger partial charge is 0.492 e. The smallest absolute Gasteiger partial charge is 0.325 e. The van der Waals surface area contributed by atoms with Crippen LogP contribution < -0.4 is 10.1 Å². The Balaban J connectivity index is 1.58. The van der Waals surface area contributed by atoms with Crippen molar-refractivity contribution >= 4 is 11.9 Å². The average molecular weight is 334 g/mol. The highest BCUT2D eigenvalue weighted by atomic mass is 19.1. The molecule has 0 atom stereocenters. The van der Waals surface area contributed by atoms with Gasteiger partial charge >= 0.3 is 6.03 Å². The van der Waals surface area contributed by atoms with E-state index in [-0.39, 0.29) is 30.9 Å². The van der Waals surface area contributed by atoms with Gasteiger partial charge in [0.15, 0.2) is 0 Å². The third-order valence-corrected chi connectivity index (χ3v) is 4.85. The number of hydrogen-bond donors (Lipinski definition) is 1. The van der Waals surface area contributed by atoms with Gasteiger partial charge in [0.2, 0.25) is 0 Å². The van der Waals surface area contributed by atoms with Crippen LogP contribution >= 0.6 is 0 Å². The molecule has 2 fully saturated rings. The molecular weight excluding hydrogens is 311 g/mol. The second-order valence-corrected chi connectivity index (χ2v) is 6.54. The van der Waals surface area contributed by atoms with Gasteiger partial charge in [-0.15, -0.1) is 0 Å². The van der Waals surface area contributed by atoms with Crippen molar-refractivity contribution < 1.29 is 18.7 Å². The molecule has 0 unspecified atom stereocenters. The summed E-state index contributed by atoms with van der Waals surface area (Å²) in [6, 6.07) is 5.34. The van der Waals surface area contributed by atoms with Crippen LogP contribution in [0, 0.1) is 5.82 Å². The molecule has 1 aliphatic carbocycles. The summed E-state index contributed by atoms with van der Waals surface area (Å²) < 4.78 is 18.4. The van der Waals surface area contributed by atoms with Crippen molar-refractivity contribution in [3.63, 3.8) is 0 Å². The fraction of sp³-hybridized carbons (Fsp3) is 0.556. The van der Waals surface area contributed by atoms with Crippen molar-refractivity contribution in [2.45, 2.75) is 50.5 Å². The van der Waals surface area contributed by atoms with Gasteiger partial charge in [-0.2, -0.15) is 0 Å². The first-order valence-electron chi connectivity index (χ1n) is 8.63. The zero-order chi connectivity index (χ0) is 17.0. The minimum Gasteiger partial charge on any atom is -0.492 e. The third kappa shape index (κ3) is 3.52. The lowest BCUT2D eigenvalue weighted by atomic mass is 9.84. The van der Waals surface area contributed by atoms with Gasteiger partial charge in [-0.25, -0.2) is 9.18 Å². The Hall–Kier alpha value is -2.11. The van der Waals surface area contributed by atoms with Gasteiger partial charge < -0.3 is 10.1 Å². The summed E-state index contributed by atoms with van der Waals surface area (Å²) in [4.78, 5) is 26.3. The topological polar surface area (TPSA) is 58.6 Å². The Labute approximate surface area is 141 Å². The average Bonchev–Trinajstić information content (AvgIpc) is 2.78. The second-order valence-electron chi connectivity index (χ2n) is 6.54. The van der Waals surface area contributed by atoms with E-state index in [4.69, 9.17) is 4.74 Å². The molecule has 1 saturated heterocycles. The van der Waals surface area contributed by atoms with Gasteiger partial charge in [0, 0.05) is 0 Å². The molecule has 3 amide bonds. The monoisotopic (exact) mass is 334 g/mol. The van der Waals surface area contributed by atoms with Crippen LogP contribution in [0.3, 0.4) is 0 Å². The molecule has 1 N–H and O–H groups in total. The van der Waals surface area contributed by atoms with Gasteiger partial charge in [-0.3, -0.25) is 9.69 Å². The molecule has 1 aliphatic heterocycles. The van der Waals surface area contributed by atoms with Crippen LogP contribution in [0.5, 0.6) is 5.75 Å². The molecule has 1 aromatic rings. The van der Waals surface area contributed by atoms with E-state index in [9.17, 15) is 14.0 Å².